The zero-order valence-corrected chi connectivity index (χ0v) is 18.2. The molecule has 7 nitrogen and oxygen atoms in total. The molecule has 7 heteroatoms. The summed E-state index contributed by atoms with van der Waals surface area (Å²) in [7, 11) is 0. The van der Waals surface area contributed by atoms with Crippen LogP contribution < -0.4 is 10.7 Å². The van der Waals surface area contributed by atoms with Crippen LogP contribution in [0.15, 0.2) is 36.4 Å². The second-order valence-corrected chi connectivity index (χ2v) is 8.70. The Morgan fingerprint density at radius 1 is 1.00 bits per heavy atom. The molecule has 2 fully saturated rings. The Balaban J connectivity index is 1.39. The molecule has 0 radical (unpaired) electrons. The van der Waals surface area contributed by atoms with E-state index in [0.717, 1.165) is 37.1 Å². The van der Waals surface area contributed by atoms with Gasteiger partial charge in [-0.2, -0.15) is 0 Å². The summed E-state index contributed by atoms with van der Waals surface area (Å²) in [5.74, 6) is -0.686. The molecule has 1 aliphatic carbocycles. The van der Waals surface area contributed by atoms with Gasteiger partial charge in [-0.1, -0.05) is 25.3 Å². The largest absolute Gasteiger partial charge is 0.339 e. The highest BCUT2D eigenvalue weighted by molar-refractivity contribution is 6.02. The molecule has 2 N–H and O–H groups in total. The Morgan fingerprint density at radius 2 is 1.71 bits per heavy atom. The molecule has 0 unspecified atom stereocenters. The van der Waals surface area contributed by atoms with Crippen LogP contribution >= 0.6 is 0 Å². The third-order valence-corrected chi connectivity index (χ3v) is 6.42. The summed E-state index contributed by atoms with van der Waals surface area (Å²) in [5.41, 5.74) is 5.75. The monoisotopic (exact) mass is 422 g/mol. The van der Waals surface area contributed by atoms with E-state index in [0.29, 0.717) is 17.8 Å². The van der Waals surface area contributed by atoms with E-state index in [9.17, 15) is 14.4 Å². The molecule has 164 valence electrons. The highest BCUT2D eigenvalue weighted by Gasteiger charge is 2.38. The summed E-state index contributed by atoms with van der Waals surface area (Å²) in [6.07, 6.45) is 5.88. The number of carbonyl (C=O) groups excluding carboxylic acids is 3. The molecule has 2 aromatic rings. The number of carbonyl (C=O) groups is 3. The third kappa shape index (κ3) is 4.65. The van der Waals surface area contributed by atoms with Crippen LogP contribution in [-0.2, 0) is 9.59 Å². The summed E-state index contributed by atoms with van der Waals surface area (Å²) in [6.45, 7) is 4.33. The lowest BCUT2D eigenvalue weighted by molar-refractivity contribution is -0.130. The summed E-state index contributed by atoms with van der Waals surface area (Å²) < 4.78 is 1.73. The van der Waals surface area contributed by atoms with Gasteiger partial charge in [0.1, 0.15) is 0 Å². The molecular weight excluding hydrogens is 392 g/mol. The number of amides is 3. The Bertz CT molecular complexity index is 971. The van der Waals surface area contributed by atoms with E-state index in [1.165, 1.54) is 6.42 Å². The molecule has 1 aromatic heterocycles. The minimum atomic E-state index is -0.350. The molecule has 4 rings (SSSR count). The minimum absolute atomic E-state index is 0.0811. The van der Waals surface area contributed by atoms with E-state index >= 15 is 0 Å². The highest BCUT2D eigenvalue weighted by atomic mass is 16.2. The van der Waals surface area contributed by atoms with Gasteiger partial charge in [0.05, 0.1) is 5.92 Å². The molecule has 3 amide bonds. The number of hydrogen-bond acceptors (Lipinski definition) is 3. The lowest BCUT2D eigenvalue weighted by atomic mass is 9.94. The summed E-state index contributed by atoms with van der Waals surface area (Å²) in [6, 6.07) is 11.0. The quantitative estimate of drug-likeness (QED) is 0.772. The predicted molar refractivity (Wildman–Crippen MR) is 119 cm³/mol. The van der Waals surface area contributed by atoms with Gasteiger partial charge in [0.25, 0.3) is 5.91 Å². The maximum atomic E-state index is 12.8. The number of anilines is 1. The Labute approximate surface area is 182 Å². The fraction of sp³-hybridized carbons (Fsp3) is 0.458. The van der Waals surface area contributed by atoms with Gasteiger partial charge >= 0.3 is 0 Å². The molecule has 0 spiro atoms. The van der Waals surface area contributed by atoms with Crippen molar-refractivity contribution in [3.8, 4) is 0 Å². The number of nitrogens with zero attached hydrogens (tertiary/aromatic N) is 2. The van der Waals surface area contributed by atoms with Crippen LogP contribution in [0.1, 0.15) is 60.3 Å². The first-order chi connectivity index (χ1) is 14.9. The number of rotatable bonds is 5. The van der Waals surface area contributed by atoms with Crippen LogP contribution in [-0.4, -0.2) is 39.9 Å². The SMILES string of the molecule is Cc1ccc(C)n1NC(=O)c1cccc(NC(=O)[C@@H]2CC(=O)N(C3CCCCC3)C2)c1. The number of aryl methyl sites for hydroxylation is 2. The van der Waals surface area contributed by atoms with Crippen LogP contribution in [0.25, 0.3) is 0 Å². The second-order valence-electron chi connectivity index (χ2n) is 8.70. The van der Waals surface area contributed by atoms with Crippen LogP contribution in [0.4, 0.5) is 5.69 Å². The van der Waals surface area contributed by atoms with E-state index in [1.807, 2.05) is 30.9 Å². The summed E-state index contributed by atoms with van der Waals surface area (Å²) >= 11 is 0. The minimum Gasteiger partial charge on any atom is -0.339 e. The van der Waals surface area contributed by atoms with Crippen molar-refractivity contribution in [2.75, 3.05) is 17.3 Å². The number of aromatic nitrogens is 1. The highest BCUT2D eigenvalue weighted by Crippen LogP contribution is 2.29. The zero-order chi connectivity index (χ0) is 22.0. The molecule has 1 atom stereocenters. The Hall–Kier alpha value is -3.09. The first-order valence-corrected chi connectivity index (χ1v) is 11.1. The van der Waals surface area contributed by atoms with Crippen molar-refractivity contribution in [2.24, 2.45) is 5.92 Å². The smallest absolute Gasteiger partial charge is 0.270 e. The molecule has 2 heterocycles. The zero-order valence-electron chi connectivity index (χ0n) is 18.2. The van der Waals surface area contributed by atoms with Crippen LogP contribution in [0.5, 0.6) is 0 Å². The maximum Gasteiger partial charge on any atom is 0.270 e. The molecule has 0 bridgehead atoms. The van der Waals surface area contributed by atoms with E-state index in [1.54, 1.807) is 28.9 Å². The van der Waals surface area contributed by atoms with Crippen molar-refractivity contribution in [2.45, 2.75) is 58.4 Å². The molecular formula is C24H30N4O3. The lowest BCUT2D eigenvalue weighted by Crippen LogP contribution is -2.38. The van der Waals surface area contributed by atoms with E-state index in [2.05, 4.69) is 10.7 Å². The molecule has 1 saturated carbocycles. The van der Waals surface area contributed by atoms with Crippen molar-refractivity contribution < 1.29 is 14.4 Å². The van der Waals surface area contributed by atoms with E-state index < -0.39 is 0 Å². The van der Waals surface area contributed by atoms with Crippen molar-refractivity contribution in [1.29, 1.82) is 0 Å². The fourth-order valence-electron chi connectivity index (χ4n) is 4.65. The van der Waals surface area contributed by atoms with Crippen molar-refractivity contribution >= 4 is 23.4 Å². The topological polar surface area (TPSA) is 83.4 Å². The normalized spacial score (nSPS) is 19.5. The Morgan fingerprint density at radius 3 is 2.42 bits per heavy atom. The van der Waals surface area contributed by atoms with Crippen LogP contribution in [0, 0.1) is 19.8 Å². The fourth-order valence-corrected chi connectivity index (χ4v) is 4.65. The first kappa shape index (κ1) is 21.2. The van der Waals surface area contributed by atoms with Crippen LogP contribution in [0.2, 0.25) is 0 Å². The van der Waals surface area contributed by atoms with Gasteiger partial charge in [-0.05, 0) is 57.0 Å². The maximum absolute atomic E-state index is 12.8. The standard InChI is InChI=1S/C24H30N4O3/c1-16-11-12-17(2)28(16)26-24(31)18-7-6-8-20(13-18)25-23(30)19-14-22(29)27(15-19)21-9-4-3-5-10-21/h6-8,11-13,19,21H,3-5,9-10,14-15H2,1-2H3,(H,25,30)(H,26,31)/t19-/m1/s1. The predicted octanol–water partition coefficient (Wildman–Crippen LogP) is 3.61. The molecule has 31 heavy (non-hydrogen) atoms. The van der Waals surface area contributed by atoms with Crippen molar-refractivity contribution in [1.82, 2.24) is 9.58 Å². The van der Waals surface area contributed by atoms with Gasteiger partial charge in [0.2, 0.25) is 11.8 Å². The van der Waals surface area contributed by atoms with Crippen molar-refractivity contribution in [3.05, 3.63) is 53.3 Å². The van der Waals surface area contributed by atoms with Gasteiger partial charge in [0, 0.05) is 41.6 Å². The second kappa shape index (κ2) is 8.96. The Kier molecular flexibility index (Phi) is 6.11. The van der Waals surface area contributed by atoms with Crippen LogP contribution in [0.3, 0.4) is 0 Å². The molecule has 1 aromatic carbocycles. The van der Waals surface area contributed by atoms with E-state index in [4.69, 9.17) is 0 Å². The van der Waals surface area contributed by atoms with Gasteiger partial charge < -0.3 is 10.2 Å². The van der Waals surface area contributed by atoms with Crippen molar-refractivity contribution in [3.63, 3.8) is 0 Å². The van der Waals surface area contributed by atoms with Gasteiger partial charge in [-0.25, -0.2) is 0 Å². The average Bonchev–Trinajstić information content (AvgIpc) is 3.32. The molecule has 2 aliphatic rings. The molecule has 1 saturated heterocycles. The first-order valence-electron chi connectivity index (χ1n) is 11.1. The number of benzene rings is 1. The summed E-state index contributed by atoms with van der Waals surface area (Å²) in [4.78, 5) is 39.9. The third-order valence-electron chi connectivity index (χ3n) is 6.42. The number of likely N-dealkylation sites (tertiary alicyclic amines) is 1. The molecule has 1 aliphatic heterocycles. The lowest BCUT2D eigenvalue weighted by Gasteiger charge is -2.31. The van der Waals surface area contributed by atoms with Gasteiger partial charge in [-0.15, -0.1) is 0 Å². The van der Waals surface area contributed by atoms with Gasteiger partial charge in [0.15, 0.2) is 0 Å². The summed E-state index contributed by atoms with van der Waals surface area (Å²) in [5, 5.41) is 2.90. The average molecular weight is 423 g/mol. The van der Waals surface area contributed by atoms with Gasteiger partial charge in [-0.3, -0.25) is 24.5 Å². The number of hydrogen-bond donors (Lipinski definition) is 2. The number of nitrogens with one attached hydrogen (secondary N) is 2. The van der Waals surface area contributed by atoms with E-state index in [-0.39, 0.29) is 36.1 Å².